The highest BCUT2D eigenvalue weighted by atomic mass is 19.4. The number of hydrogen-bond donors (Lipinski definition) is 1. The van der Waals surface area contributed by atoms with Gasteiger partial charge < -0.3 is 10.1 Å². The van der Waals surface area contributed by atoms with Crippen molar-refractivity contribution in [2.24, 2.45) is 5.92 Å². The average Bonchev–Trinajstić information content (AvgIpc) is 2.36. The standard InChI is InChI=1S/C14H21F3N2O/c1-10(2)6-18-7-12-4-5-13(19-8-12)9-20-11(3)14(15,16)17/h4-5,8,10-11,18H,6-7,9H2,1-3H3. The molecule has 0 amide bonds. The minimum absolute atomic E-state index is 0.139. The predicted molar refractivity (Wildman–Crippen MR) is 71.1 cm³/mol. The van der Waals surface area contributed by atoms with Crippen LogP contribution in [0.15, 0.2) is 18.3 Å². The lowest BCUT2D eigenvalue weighted by atomic mass is 10.2. The lowest BCUT2D eigenvalue weighted by Crippen LogP contribution is -2.28. The van der Waals surface area contributed by atoms with E-state index in [2.05, 4.69) is 24.1 Å². The molecular formula is C14H21F3N2O. The summed E-state index contributed by atoms with van der Waals surface area (Å²) >= 11 is 0. The maximum Gasteiger partial charge on any atom is 0.414 e. The van der Waals surface area contributed by atoms with Crippen molar-refractivity contribution >= 4 is 0 Å². The molecule has 0 aromatic carbocycles. The Morgan fingerprint density at radius 1 is 1.25 bits per heavy atom. The van der Waals surface area contributed by atoms with E-state index in [0.29, 0.717) is 18.2 Å². The van der Waals surface area contributed by atoms with Gasteiger partial charge in [0.25, 0.3) is 0 Å². The molecule has 0 fully saturated rings. The molecule has 1 unspecified atom stereocenters. The van der Waals surface area contributed by atoms with E-state index in [-0.39, 0.29) is 6.61 Å². The van der Waals surface area contributed by atoms with Crippen LogP contribution >= 0.6 is 0 Å². The van der Waals surface area contributed by atoms with Gasteiger partial charge in [-0.05, 0) is 31.0 Å². The molecule has 0 aliphatic heterocycles. The Labute approximate surface area is 117 Å². The number of rotatable bonds is 7. The number of nitrogens with one attached hydrogen (secondary N) is 1. The lowest BCUT2D eigenvalue weighted by molar-refractivity contribution is -0.217. The number of nitrogens with zero attached hydrogens (tertiary/aromatic N) is 1. The number of aromatic nitrogens is 1. The first kappa shape index (κ1) is 16.9. The largest absolute Gasteiger partial charge is 0.414 e. The third-order valence-corrected chi connectivity index (χ3v) is 2.71. The van der Waals surface area contributed by atoms with Gasteiger partial charge in [0.15, 0.2) is 6.10 Å². The number of halogens is 3. The van der Waals surface area contributed by atoms with Gasteiger partial charge in [0.1, 0.15) is 0 Å². The van der Waals surface area contributed by atoms with E-state index in [9.17, 15) is 13.2 Å². The van der Waals surface area contributed by atoms with Crippen LogP contribution in [0.25, 0.3) is 0 Å². The minimum atomic E-state index is -4.33. The van der Waals surface area contributed by atoms with E-state index in [1.165, 1.54) is 0 Å². The van der Waals surface area contributed by atoms with Crippen LogP contribution in [0, 0.1) is 5.92 Å². The topological polar surface area (TPSA) is 34.1 Å². The van der Waals surface area contributed by atoms with Crippen LogP contribution < -0.4 is 5.32 Å². The highest BCUT2D eigenvalue weighted by molar-refractivity contribution is 5.13. The molecule has 6 heteroatoms. The fraction of sp³-hybridized carbons (Fsp3) is 0.643. The molecule has 0 aliphatic rings. The van der Waals surface area contributed by atoms with Crippen molar-refractivity contribution in [2.75, 3.05) is 6.54 Å². The van der Waals surface area contributed by atoms with Gasteiger partial charge in [-0.2, -0.15) is 13.2 Å². The molecule has 1 atom stereocenters. The monoisotopic (exact) mass is 290 g/mol. The number of hydrogen-bond acceptors (Lipinski definition) is 3. The summed E-state index contributed by atoms with van der Waals surface area (Å²) in [5.41, 5.74) is 1.49. The zero-order valence-corrected chi connectivity index (χ0v) is 12.0. The highest BCUT2D eigenvalue weighted by Crippen LogP contribution is 2.22. The fourth-order valence-electron chi connectivity index (χ4n) is 1.46. The smallest absolute Gasteiger partial charge is 0.363 e. The first-order valence-corrected chi connectivity index (χ1v) is 6.62. The Kier molecular flexibility index (Phi) is 6.42. The zero-order valence-electron chi connectivity index (χ0n) is 12.0. The van der Waals surface area contributed by atoms with Crippen molar-refractivity contribution in [1.82, 2.24) is 10.3 Å². The van der Waals surface area contributed by atoms with Gasteiger partial charge in [0.2, 0.25) is 0 Å². The highest BCUT2D eigenvalue weighted by Gasteiger charge is 2.36. The van der Waals surface area contributed by atoms with Gasteiger partial charge in [-0.3, -0.25) is 4.98 Å². The van der Waals surface area contributed by atoms with Crippen molar-refractivity contribution < 1.29 is 17.9 Å². The molecule has 1 aromatic heterocycles. The van der Waals surface area contributed by atoms with Gasteiger partial charge in [0.05, 0.1) is 12.3 Å². The van der Waals surface area contributed by atoms with Crippen LogP contribution in [0.5, 0.6) is 0 Å². The maximum atomic E-state index is 12.3. The Bertz CT molecular complexity index is 390. The van der Waals surface area contributed by atoms with E-state index in [1.54, 1.807) is 12.3 Å². The second-order valence-corrected chi connectivity index (χ2v) is 5.18. The molecule has 1 heterocycles. The molecule has 1 aromatic rings. The van der Waals surface area contributed by atoms with E-state index >= 15 is 0 Å². The summed E-state index contributed by atoms with van der Waals surface area (Å²) in [7, 11) is 0. The average molecular weight is 290 g/mol. The van der Waals surface area contributed by atoms with Crippen molar-refractivity contribution in [3.63, 3.8) is 0 Å². The second kappa shape index (κ2) is 7.59. The Hall–Kier alpha value is -1.14. The molecule has 0 saturated heterocycles. The summed E-state index contributed by atoms with van der Waals surface area (Å²) in [6.07, 6.45) is -4.46. The van der Waals surface area contributed by atoms with E-state index < -0.39 is 12.3 Å². The molecular weight excluding hydrogens is 269 g/mol. The van der Waals surface area contributed by atoms with Gasteiger partial charge >= 0.3 is 6.18 Å². The van der Waals surface area contributed by atoms with Crippen molar-refractivity contribution in [3.05, 3.63) is 29.6 Å². The fourth-order valence-corrected chi connectivity index (χ4v) is 1.46. The first-order valence-electron chi connectivity index (χ1n) is 6.62. The Balaban J connectivity index is 2.39. The van der Waals surface area contributed by atoms with Crippen LogP contribution in [0.4, 0.5) is 13.2 Å². The first-order chi connectivity index (χ1) is 9.29. The van der Waals surface area contributed by atoms with Gasteiger partial charge in [-0.15, -0.1) is 0 Å². The second-order valence-electron chi connectivity index (χ2n) is 5.18. The number of ether oxygens (including phenoxy) is 1. The Morgan fingerprint density at radius 3 is 2.45 bits per heavy atom. The van der Waals surface area contributed by atoms with Gasteiger partial charge in [-0.25, -0.2) is 0 Å². The maximum absolute atomic E-state index is 12.3. The molecule has 0 spiro atoms. The van der Waals surface area contributed by atoms with Crippen LogP contribution in [0.2, 0.25) is 0 Å². The SMILES string of the molecule is CC(C)CNCc1ccc(COC(C)C(F)(F)F)nc1. The normalized spacial score (nSPS) is 13.8. The van der Waals surface area contributed by atoms with Crippen LogP contribution in [-0.2, 0) is 17.9 Å². The molecule has 20 heavy (non-hydrogen) atoms. The molecule has 0 bridgehead atoms. The Morgan fingerprint density at radius 2 is 1.95 bits per heavy atom. The summed E-state index contributed by atoms with van der Waals surface area (Å²) in [6, 6.07) is 3.53. The van der Waals surface area contributed by atoms with Crippen LogP contribution in [0.1, 0.15) is 32.0 Å². The third-order valence-electron chi connectivity index (χ3n) is 2.71. The van der Waals surface area contributed by atoms with E-state index in [1.807, 2.05) is 6.07 Å². The molecule has 0 radical (unpaired) electrons. The summed E-state index contributed by atoms with van der Waals surface area (Å²) in [5, 5.41) is 3.27. The number of alkyl halides is 3. The van der Waals surface area contributed by atoms with Crippen molar-refractivity contribution in [1.29, 1.82) is 0 Å². The quantitative estimate of drug-likeness (QED) is 0.836. The van der Waals surface area contributed by atoms with Crippen LogP contribution in [-0.4, -0.2) is 23.8 Å². The van der Waals surface area contributed by atoms with Gasteiger partial charge in [0, 0.05) is 12.7 Å². The van der Waals surface area contributed by atoms with Crippen molar-refractivity contribution in [2.45, 2.75) is 46.2 Å². The van der Waals surface area contributed by atoms with E-state index in [4.69, 9.17) is 4.74 Å². The third kappa shape index (κ3) is 6.34. The predicted octanol–water partition coefficient (Wildman–Crippen LogP) is 3.29. The molecule has 0 aliphatic carbocycles. The summed E-state index contributed by atoms with van der Waals surface area (Å²) in [6.45, 7) is 6.70. The summed E-state index contributed by atoms with van der Waals surface area (Å²) in [5.74, 6) is 0.569. The molecule has 3 nitrogen and oxygen atoms in total. The number of pyridine rings is 1. The molecule has 1 N–H and O–H groups in total. The minimum Gasteiger partial charge on any atom is -0.363 e. The van der Waals surface area contributed by atoms with Crippen molar-refractivity contribution in [3.8, 4) is 0 Å². The molecule has 114 valence electrons. The summed E-state index contributed by atoms with van der Waals surface area (Å²) in [4.78, 5) is 4.10. The molecule has 1 rings (SSSR count). The lowest BCUT2D eigenvalue weighted by Gasteiger charge is -2.16. The van der Waals surface area contributed by atoms with Crippen LogP contribution in [0.3, 0.4) is 0 Å². The zero-order chi connectivity index (χ0) is 15.2. The van der Waals surface area contributed by atoms with E-state index in [0.717, 1.165) is 19.0 Å². The van der Waals surface area contributed by atoms with Gasteiger partial charge in [-0.1, -0.05) is 19.9 Å². The summed E-state index contributed by atoms with van der Waals surface area (Å²) < 4.78 is 41.5. The molecule has 0 saturated carbocycles.